The van der Waals surface area contributed by atoms with Crippen LogP contribution in [0, 0.1) is 5.92 Å². The number of hydrogen-bond donors (Lipinski definition) is 1. The fraction of sp³-hybridized carbons (Fsp3) is 0.400. The second-order valence-electron chi connectivity index (χ2n) is 8.17. The average molecular weight is 438 g/mol. The largest absolute Gasteiger partial charge is 0.478 e. The zero-order valence-corrected chi connectivity index (χ0v) is 19.3. The maximum atomic E-state index is 11.5. The van der Waals surface area contributed by atoms with Gasteiger partial charge in [0.1, 0.15) is 5.82 Å². The van der Waals surface area contributed by atoms with Gasteiger partial charge >= 0.3 is 5.97 Å². The first-order valence-corrected chi connectivity index (χ1v) is 10.8. The fourth-order valence-corrected chi connectivity index (χ4v) is 3.78. The van der Waals surface area contributed by atoms with E-state index in [2.05, 4.69) is 13.8 Å². The molecule has 0 atom stereocenters. The van der Waals surface area contributed by atoms with Crippen molar-refractivity contribution in [1.82, 2.24) is 14.8 Å². The lowest BCUT2D eigenvalue weighted by atomic mass is 9.99. The Labute approximate surface area is 189 Å². The van der Waals surface area contributed by atoms with Crippen LogP contribution in [-0.4, -0.2) is 40.1 Å². The summed E-state index contributed by atoms with van der Waals surface area (Å²) in [7, 11) is 3.20. The maximum absolute atomic E-state index is 11.5. The molecule has 7 heteroatoms. The molecule has 1 aromatic heterocycles. The number of carbonyl (C=O) groups is 1. The van der Waals surface area contributed by atoms with Crippen molar-refractivity contribution in [2.75, 3.05) is 14.2 Å². The molecule has 0 aliphatic heterocycles. The normalized spacial score (nSPS) is 11.8. The number of aromatic nitrogens is 3. The number of carboxylic acid groups (broad SMARTS) is 1. The highest BCUT2D eigenvalue weighted by atomic mass is 16.7. The van der Waals surface area contributed by atoms with Crippen LogP contribution in [0.2, 0.25) is 0 Å². The lowest BCUT2D eigenvalue weighted by Crippen LogP contribution is -2.31. The van der Waals surface area contributed by atoms with Crippen LogP contribution in [0.3, 0.4) is 0 Å². The molecule has 170 valence electrons. The summed E-state index contributed by atoms with van der Waals surface area (Å²) in [4.78, 5) is 16.3. The highest BCUT2D eigenvalue weighted by Gasteiger charge is 2.35. The Morgan fingerprint density at radius 3 is 2.31 bits per heavy atom. The second kappa shape index (κ2) is 10.1. The molecular formula is C25H31N3O4. The number of hydrogen-bond acceptors (Lipinski definition) is 5. The van der Waals surface area contributed by atoms with Crippen LogP contribution in [0.1, 0.15) is 54.8 Å². The van der Waals surface area contributed by atoms with Gasteiger partial charge in [-0.1, -0.05) is 63.2 Å². The SMILES string of the molecule is CCC(OC)(OC)c1nc(CC(C)C)n(Cc2ccc(-c3ccccc3C(=O)O)cc2)n1. The van der Waals surface area contributed by atoms with Gasteiger partial charge in [-0.05, 0) is 28.7 Å². The fourth-order valence-electron chi connectivity index (χ4n) is 3.78. The van der Waals surface area contributed by atoms with Crippen LogP contribution >= 0.6 is 0 Å². The first-order chi connectivity index (χ1) is 15.3. The van der Waals surface area contributed by atoms with Gasteiger partial charge in [-0.3, -0.25) is 0 Å². The molecule has 0 aliphatic carbocycles. The molecule has 1 N–H and O–H groups in total. The van der Waals surface area contributed by atoms with Gasteiger partial charge < -0.3 is 14.6 Å². The number of rotatable bonds is 10. The number of methoxy groups -OCH3 is 2. The van der Waals surface area contributed by atoms with E-state index >= 15 is 0 Å². The third-order valence-corrected chi connectivity index (χ3v) is 5.56. The van der Waals surface area contributed by atoms with Gasteiger partial charge in [-0.25, -0.2) is 14.5 Å². The minimum atomic E-state index is -0.971. The lowest BCUT2D eigenvalue weighted by Gasteiger charge is -2.26. The predicted molar refractivity (Wildman–Crippen MR) is 122 cm³/mol. The molecular weight excluding hydrogens is 406 g/mol. The lowest BCUT2D eigenvalue weighted by molar-refractivity contribution is -0.222. The molecule has 1 heterocycles. The van der Waals surface area contributed by atoms with Gasteiger partial charge in [0.15, 0.2) is 0 Å². The molecule has 0 unspecified atom stereocenters. The molecule has 2 aromatic carbocycles. The van der Waals surface area contributed by atoms with Crippen LogP contribution in [0.5, 0.6) is 0 Å². The van der Waals surface area contributed by atoms with E-state index in [4.69, 9.17) is 19.6 Å². The molecule has 0 amide bonds. The molecule has 0 radical (unpaired) electrons. The van der Waals surface area contributed by atoms with Crippen LogP contribution in [0.15, 0.2) is 48.5 Å². The maximum Gasteiger partial charge on any atom is 0.336 e. The highest BCUT2D eigenvalue weighted by Crippen LogP contribution is 2.28. The number of aromatic carboxylic acids is 1. The first-order valence-electron chi connectivity index (χ1n) is 10.8. The van der Waals surface area contributed by atoms with E-state index in [0.717, 1.165) is 23.4 Å². The predicted octanol–water partition coefficient (Wildman–Crippen LogP) is 4.75. The Morgan fingerprint density at radius 2 is 1.75 bits per heavy atom. The molecule has 0 fully saturated rings. The topological polar surface area (TPSA) is 86.5 Å². The number of benzene rings is 2. The van der Waals surface area contributed by atoms with Crippen molar-refractivity contribution in [3.63, 3.8) is 0 Å². The summed E-state index contributed by atoms with van der Waals surface area (Å²) in [6.45, 7) is 6.81. The van der Waals surface area contributed by atoms with Crippen LogP contribution in [0.4, 0.5) is 0 Å². The molecule has 3 aromatic rings. The van der Waals surface area contributed by atoms with Crippen molar-refractivity contribution >= 4 is 5.97 Å². The van der Waals surface area contributed by atoms with E-state index in [1.165, 1.54) is 0 Å². The zero-order chi connectivity index (χ0) is 23.3. The molecule has 0 saturated heterocycles. The van der Waals surface area contributed by atoms with Crippen molar-refractivity contribution in [2.45, 2.75) is 45.9 Å². The molecule has 0 aliphatic rings. The van der Waals surface area contributed by atoms with Crippen molar-refractivity contribution < 1.29 is 19.4 Å². The number of carboxylic acids is 1. The standard InChI is InChI=1S/C25H31N3O4/c1-6-25(31-4,32-5)24-26-22(15-17(2)3)28(27-24)16-18-11-13-19(14-12-18)20-9-7-8-10-21(20)23(29)30/h7-14,17H,6,15-16H2,1-5H3,(H,29,30). The number of ether oxygens (including phenoxy) is 2. The van der Waals surface area contributed by atoms with Crippen LogP contribution in [-0.2, 0) is 28.2 Å². The summed E-state index contributed by atoms with van der Waals surface area (Å²) in [5.74, 6) is -0.0907. The summed E-state index contributed by atoms with van der Waals surface area (Å²) >= 11 is 0. The molecule has 7 nitrogen and oxygen atoms in total. The Bertz CT molecular complexity index is 1050. The van der Waals surface area contributed by atoms with E-state index in [1.807, 2.05) is 48.0 Å². The third-order valence-electron chi connectivity index (χ3n) is 5.56. The van der Waals surface area contributed by atoms with E-state index < -0.39 is 11.8 Å². The summed E-state index contributed by atoms with van der Waals surface area (Å²) in [5.41, 5.74) is 2.88. The Balaban J connectivity index is 1.92. The summed E-state index contributed by atoms with van der Waals surface area (Å²) in [6, 6.07) is 14.9. The van der Waals surface area contributed by atoms with Crippen molar-refractivity contribution in [1.29, 1.82) is 0 Å². The van der Waals surface area contributed by atoms with Gasteiger partial charge in [0.05, 0.1) is 12.1 Å². The summed E-state index contributed by atoms with van der Waals surface area (Å²) in [5, 5.41) is 14.2. The van der Waals surface area contributed by atoms with Gasteiger partial charge in [-0.15, -0.1) is 5.10 Å². The van der Waals surface area contributed by atoms with Gasteiger partial charge in [-0.2, -0.15) is 0 Å². The molecule has 0 saturated carbocycles. The molecule has 0 bridgehead atoms. The quantitative estimate of drug-likeness (QED) is 0.461. The Hall–Kier alpha value is -3.03. The van der Waals surface area contributed by atoms with Gasteiger partial charge in [0.25, 0.3) is 0 Å². The Morgan fingerprint density at radius 1 is 1.09 bits per heavy atom. The van der Waals surface area contributed by atoms with E-state index in [0.29, 0.717) is 30.3 Å². The minimum absolute atomic E-state index is 0.287. The monoisotopic (exact) mass is 437 g/mol. The third kappa shape index (κ3) is 4.89. The van der Waals surface area contributed by atoms with Crippen molar-refractivity contribution in [3.05, 3.63) is 71.3 Å². The van der Waals surface area contributed by atoms with Gasteiger partial charge in [0.2, 0.25) is 11.6 Å². The van der Waals surface area contributed by atoms with Crippen LogP contribution < -0.4 is 0 Å². The average Bonchev–Trinajstić information content (AvgIpc) is 3.17. The van der Waals surface area contributed by atoms with Crippen molar-refractivity contribution in [3.8, 4) is 11.1 Å². The molecule has 32 heavy (non-hydrogen) atoms. The van der Waals surface area contributed by atoms with E-state index in [9.17, 15) is 9.90 Å². The number of nitrogens with zero attached hydrogens (tertiary/aromatic N) is 3. The summed E-state index contributed by atoms with van der Waals surface area (Å²) in [6.07, 6.45) is 1.37. The van der Waals surface area contributed by atoms with Crippen molar-refractivity contribution in [2.24, 2.45) is 5.92 Å². The summed E-state index contributed by atoms with van der Waals surface area (Å²) < 4.78 is 13.2. The zero-order valence-electron chi connectivity index (χ0n) is 19.3. The first kappa shape index (κ1) is 23.6. The molecule has 0 spiro atoms. The smallest absolute Gasteiger partial charge is 0.336 e. The van der Waals surface area contributed by atoms with Gasteiger partial charge in [0, 0.05) is 27.1 Å². The highest BCUT2D eigenvalue weighted by molar-refractivity contribution is 5.95. The second-order valence-corrected chi connectivity index (χ2v) is 8.17. The van der Waals surface area contributed by atoms with Crippen LogP contribution in [0.25, 0.3) is 11.1 Å². The minimum Gasteiger partial charge on any atom is -0.478 e. The molecule has 3 rings (SSSR count). The van der Waals surface area contributed by atoms with E-state index in [1.54, 1.807) is 26.4 Å². The Kier molecular flexibility index (Phi) is 7.43. The van der Waals surface area contributed by atoms with E-state index in [-0.39, 0.29) is 5.56 Å².